The highest BCUT2D eigenvalue weighted by Gasteiger charge is 2.32. The van der Waals surface area contributed by atoms with Crippen molar-refractivity contribution in [2.24, 2.45) is 11.1 Å². The van der Waals surface area contributed by atoms with Crippen molar-refractivity contribution >= 4 is 0 Å². The number of rotatable bonds is 9. The van der Waals surface area contributed by atoms with Gasteiger partial charge in [-0.05, 0) is 17.9 Å². The van der Waals surface area contributed by atoms with E-state index in [4.69, 9.17) is 10.5 Å². The third kappa shape index (κ3) is 7.25. The van der Waals surface area contributed by atoms with E-state index in [0.717, 1.165) is 5.56 Å². The molecule has 1 aromatic rings. The van der Waals surface area contributed by atoms with Crippen molar-refractivity contribution in [3.8, 4) is 0 Å². The number of aliphatic hydroxyl groups is 3. The van der Waals surface area contributed by atoms with Crippen molar-refractivity contribution in [1.29, 1.82) is 0 Å². The summed E-state index contributed by atoms with van der Waals surface area (Å²) < 4.78 is 5.36. The van der Waals surface area contributed by atoms with Gasteiger partial charge in [0.15, 0.2) is 6.29 Å². The molecular formula is C18H32N2O4. The van der Waals surface area contributed by atoms with Crippen molar-refractivity contribution < 1.29 is 20.1 Å². The Morgan fingerprint density at radius 1 is 1.12 bits per heavy atom. The van der Waals surface area contributed by atoms with Gasteiger partial charge in [-0.2, -0.15) is 0 Å². The molecule has 1 rings (SSSR count). The number of benzene rings is 1. The molecule has 5 unspecified atom stereocenters. The molecule has 1 aromatic carbocycles. The first-order valence-corrected chi connectivity index (χ1v) is 8.32. The van der Waals surface area contributed by atoms with E-state index in [0.29, 0.717) is 0 Å². The maximum absolute atomic E-state index is 10.2. The van der Waals surface area contributed by atoms with Gasteiger partial charge in [-0.15, -0.1) is 0 Å². The minimum Gasteiger partial charge on any atom is -0.392 e. The molecule has 0 aliphatic carbocycles. The molecule has 24 heavy (non-hydrogen) atoms. The van der Waals surface area contributed by atoms with Gasteiger partial charge in [0, 0.05) is 18.5 Å². The highest BCUT2D eigenvalue weighted by molar-refractivity contribution is 5.13. The fourth-order valence-corrected chi connectivity index (χ4v) is 2.62. The van der Waals surface area contributed by atoms with Gasteiger partial charge in [0.2, 0.25) is 0 Å². The van der Waals surface area contributed by atoms with Crippen LogP contribution in [0.25, 0.3) is 0 Å². The Morgan fingerprint density at radius 3 is 2.21 bits per heavy atom. The predicted octanol–water partition coefficient (Wildman–Crippen LogP) is 0.942. The molecule has 0 amide bonds. The summed E-state index contributed by atoms with van der Waals surface area (Å²) in [6.07, 6.45) is -2.70. The zero-order valence-corrected chi connectivity index (χ0v) is 15.0. The van der Waals surface area contributed by atoms with E-state index in [1.807, 2.05) is 51.1 Å². The quantitative estimate of drug-likeness (QED) is 0.428. The average molecular weight is 340 g/mol. The van der Waals surface area contributed by atoms with Crippen LogP contribution in [0.1, 0.15) is 39.7 Å². The number of hydrogen-bond acceptors (Lipinski definition) is 6. The molecule has 0 spiro atoms. The van der Waals surface area contributed by atoms with Crippen LogP contribution in [0.4, 0.5) is 0 Å². The van der Waals surface area contributed by atoms with Crippen LogP contribution in [0, 0.1) is 5.41 Å². The lowest BCUT2D eigenvalue weighted by molar-refractivity contribution is -0.121. The first kappa shape index (κ1) is 21.0. The molecule has 0 radical (unpaired) electrons. The molecule has 0 saturated carbocycles. The minimum absolute atomic E-state index is 0.0810. The molecule has 0 saturated heterocycles. The number of ether oxygens (including phenoxy) is 1. The normalized spacial score (nSPS) is 18.7. The number of aliphatic hydroxyl groups excluding tert-OH is 3. The van der Waals surface area contributed by atoms with Gasteiger partial charge in [0.25, 0.3) is 0 Å². The van der Waals surface area contributed by atoms with E-state index >= 15 is 0 Å². The molecule has 0 bridgehead atoms. The fraction of sp³-hybridized carbons (Fsp3) is 0.667. The van der Waals surface area contributed by atoms with Crippen LogP contribution in [0.3, 0.4) is 0 Å². The highest BCUT2D eigenvalue weighted by atomic mass is 16.6. The van der Waals surface area contributed by atoms with Crippen LogP contribution >= 0.6 is 0 Å². The van der Waals surface area contributed by atoms with Crippen LogP contribution in [-0.2, 0) is 11.3 Å². The van der Waals surface area contributed by atoms with Crippen molar-refractivity contribution in [3.05, 3.63) is 35.9 Å². The Balaban J connectivity index is 2.46. The van der Waals surface area contributed by atoms with E-state index in [1.54, 1.807) is 6.92 Å². The molecule has 0 aromatic heterocycles. The van der Waals surface area contributed by atoms with Crippen LogP contribution in [0.2, 0.25) is 0 Å². The average Bonchev–Trinajstić information content (AvgIpc) is 2.49. The molecule has 6 N–H and O–H groups in total. The Hall–Kier alpha value is -1.02. The Bertz CT molecular complexity index is 462. The molecule has 6 nitrogen and oxygen atoms in total. The summed E-state index contributed by atoms with van der Waals surface area (Å²) in [6.45, 7) is 7.84. The summed E-state index contributed by atoms with van der Waals surface area (Å²) in [5.41, 5.74) is 6.64. The van der Waals surface area contributed by atoms with Crippen molar-refractivity contribution in [2.75, 3.05) is 0 Å². The van der Waals surface area contributed by atoms with Crippen molar-refractivity contribution in [2.45, 2.75) is 71.4 Å². The molecule has 0 aliphatic rings. The summed E-state index contributed by atoms with van der Waals surface area (Å²) >= 11 is 0. The summed E-state index contributed by atoms with van der Waals surface area (Å²) in [6, 6.07) is 8.45. The van der Waals surface area contributed by atoms with Crippen LogP contribution in [0.5, 0.6) is 0 Å². The third-order valence-corrected chi connectivity index (χ3v) is 3.93. The van der Waals surface area contributed by atoms with E-state index in [2.05, 4.69) is 5.32 Å². The largest absolute Gasteiger partial charge is 0.392 e. The molecule has 0 fully saturated rings. The first-order valence-electron chi connectivity index (χ1n) is 8.32. The van der Waals surface area contributed by atoms with E-state index in [1.165, 1.54) is 0 Å². The number of nitrogens with one attached hydrogen (secondary N) is 1. The molecule has 6 heteroatoms. The zero-order chi connectivity index (χ0) is 18.3. The minimum atomic E-state index is -1.07. The topological polar surface area (TPSA) is 108 Å². The maximum Gasteiger partial charge on any atom is 0.156 e. The standard InChI is InChI=1S/C18H32N2O4/c1-12(21)16(18(2,3)4)20-17(23)14(19)10-15(22)24-11-13-8-6-5-7-9-13/h5-9,12,14-17,20-23H,10-11,19H2,1-4H3. The molecular weight excluding hydrogens is 308 g/mol. The van der Waals surface area contributed by atoms with Crippen LogP contribution < -0.4 is 11.1 Å². The first-order chi connectivity index (χ1) is 11.1. The number of hydrogen-bond donors (Lipinski definition) is 5. The second kappa shape index (κ2) is 9.46. The van der Waals surface area contributed by atoms with E-state index in [9.17, 15) is 15.3 Å². The van der Waals surface area contributed by atoms with Gasteiger partial charge in [0.1, 0.15) is 6.23 Å². The number of nitrogens with two attached hydrogens (primary N) is 1. The lowest BCUT2D eigenvalue weighted by Crippen LogP contribution is -2.57. The Morgan fingerprint density at radius 2 is 1.71 bits per heavy atom. The smallest absolute Gasteiger partial charge is 0.156 e. The second-order valence-corrected chi connectivity index (χ2v) is 7.35. The molecule has 0 aliphatic heterocycles. The second-order valence-electron chi connectivity index (χ2n) is 7.35. The highest BCUT2D eigenvalue weighted by Crippen LogP contribution is 2.22. The molecule has 0 heterocycles. The SMILES string of the molecule is CC(O)C(NC(O)C(N)CC(O)OCc1ccccc1)C(C)(C)C. The summed E-state index contributed by atoms with van der Waals surface area (Å²) in [5.74, 6) is 0. The summed E-state index contributed by atoms with van der Waals surface area (Å²) in [5, 5.41) is 33.0. The van der Waals surface area contributed by atoms with E-state index < -0.39 is 24.7 Å². The predicted molar refractivity (Wildman–Crippen MR) is 93.9 cm³/mol. The third-order valence-electron chi connectivity index (χ3n) is 3.93. The van der Waals surface area contributed by atoms with Gasteiger partial charge in [-0.3, -0.25) is 5.32 Å². The molecule has 138 valence electrons. The maximum atomic E-state index is 10.2. The van der Waals surface area contributed by atoms with Gasteiger partial charge in [0.05, 0.1) is 12.7 Å². The van der Waals surface area contributed by atoms with Crippen molar-refractivity contribution in [3.63, 3.8) is 0 Å². The van der Waals surface area contributed by atoms with Gasteiger partial charge >= 0.3 is 0 Å². The van der Waals surface area contributed by atoms with Gasteiger partial charge < -0.3 is 25.8 Å². The van der Waals surface area contributed by atoms with Crippen LogP contribution in [-0.4, -0.2) is 46.0 Å². The van der Waals surface area contributed by atoms with Gasteiger partial charge in [-0.1, -0.05) is 51.1 Å². The lowest BCUT2D eigenvalue weighted by Gasteiger charge is -2.37. The van der Waals surface area contributed by atoms with Crippen LogP contribution in [0.15, 0.2) is 30.3 Å². The fourth-order valence-electron chi connectivity index (χ4n) is 2.62. The monoisotopic (exact) mass is 340 g/mol. The Kier molecular flexibility index (Phi) is 8.29. The lowest BCUT2D eigenvalue weighted by atomic mass is 9.83. The Labute approximate surface area is 144 Å². The molecule has 5 atom stereocenters. The van der Waals surface area contributed by atoms with E-state index in [-0.39, 0.29) is 24.5 Å². The summed E-state index contributed by atoms with van der Waals surface area (Å²) in [7, 11) is 0. The zero-order valence-electron chi connectivity index (χ0n) is 15.0. The van der Waals surface area contributed by atoms with Gasteiger partial charge in [-0.25, -0.2) is 0 Å². The summed E-state index contributed by atoms with van der Waals surface area (Å²) in [4.78, 5) is 0. The van der Waals surface area contributed by atoms with Crippen molar-refractivity contribution in [1.82, 2.24) is 5.32 Å².